The number of carbonyl (C=O) groups is 1. The highest BCUT2D eigenvalue weighted by molar-refractivity contribution is 7.23. The van der Waals surface area contributed by atoms with E-state index < -0.39 is 0 Å². The number of halogens is 1. The van der Waals surface area contributed by atoms with Crippen LogP contribution in [0.5, 0.6) is 5.75 Å². The van der Waals surface area contributed by atoms with Crippen molar-refractivity contribution in [3.05, 3.63) is 52.5 Å². The maximum absolute atomic E-state index is 13.2. The van der Waals surface area contributed by atoms with Gasteiger partial charge in [-0.25, -0.2) is 4.98 Å². The summed E-state index contributed by atoms with van der Waals surface area (Å²) in [7, 11) is 5.73. The fraction of sp³-hybridized carbons (Fsp3) is 0.300. The number of quaternary nitrogens is 1. The number of fused-ring (bicyclic) bond motifs is 1. The van der Waals surface area contributed by atoms with Gasteiger partial charge in [0, 0.05) is 5.56 Å². The van der Waals surface area contributed by atoms with Gasteiger partial charge in [0.1, 0.15) is 11.3 Å². The van der Waals surface area contributed by atoms with Crippen molar-refractivity contribution in [2.75, 3.05) is 39.2 Å². The van der Waals surface area contributed by atoms with Gasteiger partial charge < -0.3 is 9.64 Å². The average Bonchev–Trinajstić information content (AvgIpc) is 3.08. The molecule has 0 atom stereocenters. The number of aromatic nitrogens is 1. The molecule has 142 valence electrons. The van der Waals surface area contributed by atoms with Crippen LogP contribution < -0.4 is 14.5 Å². The van der Waals surface area contributed by atoms with E-state index in [1.807, 2.05) is 31.2 Å². The molecule has 0 saturated heterocycles. The minimum atomic E-state index is -0.0644. The Morgan fingerprint density at radius 3 is 2.56 bits per heavy atom. The Kier molecular flexibility index (Phi) is 5.99. The minimum Gasteiger partial charge on any atom is -0.494 e. The average molecular weight is 405 g/mol. The number of thiazole rings is 1. The summed E-state index contributed by atoms with van der Waals surface area (Å²) in [5.41, 5.74) is 2.45. The van der Waals surface area contributed by atoms with Gasteiger partial charge in [-0.05, 0) is 31.2 Å². The number of methoxy groups -OCH3 is 1. The topological polar surface area (TPSA) is 46.9 Å². The summed E-state index contributed by atoms with van der Waals surface area (Å²) in [5, 5.41) is 1.23. The highest BCUT2D eigenvalue weighted by atomic mass is 35.5. The van der Waals surface area contributed by atoms with E-state index in [1.165, 1.54) is 16.2 Å². The molecule has 1 heterocycles. The fourth-order valence-electron chi connectivity index (χ4n) is 2.69. The van der Waals surface area contributed by atoms with Gasteiger partial charge in [0.2, 0.25) is 0 Å². The molecular formula is C20H23ClN3O2S+. The van der Waals surface area contributed by atoms with E-state index in [0.717, 1.165) is 16.8 Å². The Morgan fingerprint density at radius 2 is 1.93 bits per heavy atom. The smallest absolute Gasteiger partial charge is 0.260 e. The summed E-state index contributed by atoms with van der Waals surface area (Å²) in [6.07, 6.45) is 0. The van der Waals surface area contributed by atoms with Crippen molar-refractivity contribution in [2.24, 2.45) is 0 Å². The lowest BCUT2D eigenvalue weighted by Crippen LogP contribution is -3.06. The van der Waals surface area contributed by atoms with Gasteiger partial charge in [-0.2, -0.15) is 0 Å². The highest BCUT2D eigenvalue weighted by Gasteiger charge is 2.23. The third-order valence-corrected chi connectivity index (χ3v) is 5.82. The second-order valence-electron chi connectivity index (χ2n) is 6.70. The molecule has 0 aliphatic rings. The lowest BCUT2D eigenvalue weighted by molar-refractivity contribution is -0.856. The van der Waals surface area contributed by atoms with E-state index in [-0.39, 0.29) is 5.91 Å². The van der Waals surface area contributed by atoms with Gasteiger partial charge in [0.15, 0.2) is 5.13 Å². The van der Waals surface area contributed by atoms with Crippen molar-refractivity contribution in [1.29, 1.82) is 0 Å². The number of hydrogen-bond donors (Lipinski definition) is 1. The van der Waals surface area contributed by atoms with Crippen molar-refractivity contribution in [3.63, 3.8) is 0 Å². The van der Waals surface area contributed by atoms with E-state index >= 15 is 0 Å². The second-order valence-corrected chi connectivity index (χ2v) is 8.09. The number of likely N-dealkylation sites (N-methyl/N-ethyl adjacent to an activating group) is 1. The molecule has 7 heteroatoms. The number of nitrogens with zero attached hydrogens (tertiary/aromatic N) is 2. The summed E-state index contributed by atoms with van der Waals surface area (Å²) in [6.45, 7) is 3.37. The zero-order chi connectivity index (χ0) is 19.6. The van der Waals surface area contributed by atoms with Crippen molar-refractivity contribution in [2.45, 2.75) is 6.92 Å². The maximum Gasteiger partial charge on any atom is 0.260 e. The van der Waals surface area contributed by atoms with Crippen LogP contribution in [0.15, 0.2) is 36.4 Å². The molecule has 0 saturated carbocycles. The molecule has 0 fully saturated rings. The Labute approximate surface area is 168 Å². The molecule has 2 aromatic carbocycles. The molecule has 0 aliphatic carbocycles. The number of ether oxygens (including phenoxy) is 1. The molecule has 5 nitrogen and oxygen atoms in total. The summed E-state index contributed by atoms with van der Waals surface area (Å²) in [6, 6.07) is 11.2. The SMILES string of the molecule is COc1ccc(Cl)c2sc(N(CC[NH+](C)C)C(=O)c3ccc(C)cc3)nc12. The second kappa shape index (κ2) is 8.25. The zero-order valence-corrected chi connectivity index (χ0v) is 17.4. The lowest BCUT2D eigenvalue weighted by atomic mass is 10.1. The molecule has 0 aliphatic heterocycles. The lowest BCUT2D eigenvalue weighted by Gasteiger charge is -2.20. The van der Waals surface area contributed by atoms with E-state index in [2.05, 4.69) is 14.1 Å². The van der Waals surface area contributed by atoms with E-state index in [9.17, 15) is 4.79 Å². The molecule has 1 amide bonds. The molecule has 1 N–H and O–H groups in total. The summed E-state index contributed by atoms with van der Waals surface area (Å²) >= 11 is 7.76. The quantitative estimate of drug-likeness (QED) is 0.686. The first-order chi connectivity index (χ1) is 12.9. The maximum atomic E-state index is 13.2. The Hall–Kier alpha value is -2.15. The van der Waals surface area contributed by atoms with Crippen molar-refractivity contribution in [3.8, 4) is 5.75 Å². The van der Waals surface area contributed by atoms with Gasteiger partial charge in [-0.3, -0.25) is 9.69 Å². The number of hydrogen-bond acceptors (Lipinski definition) is 4. The predicted octanol–water partition coefficient (Wildman–Crippen LogP) is 3.06. The summed E-state index contributed by atoms with van der Waals surface area (Å²) in [4.78, 5) is 20.9. The van der Waals surface area contributed by atoms with E-state index in [0.29, 0.717) is 33.5 Å². The molecule has 1 aromatic heterocycles. The third kappa shape index (κ3) is 4.24. The van der Waals surface area contributed by atoms with Gasteiger partial charge in [-0.15, -0.1) is 0 Å². The van der Waals surface area contributed by atoms with Gasteiger partial charge >= 0.3 is 0 Å². The van der Waals surface area contributed by atoms with E-state index in [1.54, 1.807) is 24.1 Å². The number of nitrogens with one attached hydrogen (secondary N) is 1. The number of amides is 1. The number of benzene rings is 2. The first-order valence-electron chi connectivity index (χ1n) is 8.71. The van der Waals surface area contributed by atoms with Crippen LogP contribution in [0.3, 0.4) is 0 Å². The Morgan fingerprint density at radius 1 is 1.22 bits per heavy atom. The van der Waals surface area contributed by atoms with Crippen molar-refractivity contribution in [1.82, 2.24) is 4.98 Å². The zero-order valence-electron chi connectivity index (χ0n) is 15.9. The first kappa shape index (κ1) is 19.6. The van der Waals surface area contributed by atoms with Crippen LogP contribution in [0.1, 0.15) is 15.9 Å². The third-order valence-electron chi connectivity index (χ3n) is 4.28. The molecule has 0 radical (unpaired) electrons. The predicted molar refractivity (Wildman–Crippen MR) is 112 cm³/mol. The van der Waals surface area contributed by atoms with Crippen LogP contribution in [-0.4, -0.2) is 45.2 Å². The normalized spacial score (nSPS) is 11.2. The van der Waals surface area contributed by atoms with Crippen LogP contribution in [0.25, 0.3) is 10.2 Å². The fourth-order valence-corrected chi connectivity index (χ4v) is 3.97. The molecular weight excluding hydrogens is 382 g/mol. The first-order valence-corrected chi connectivity index (χ1v) is 9.90. The van der Waals surface area contributed by atoms with Crippen molar-refractivity contribution < 1.29 is 14.4 Å². The van der Waals surface area contributed by atoms with Gasteiger partial charge in [0.05, 0.1) is 44.0 Å². The monoisotopic (exact) mass is 404 g/mol. The van der Waals surface area contributed by atoms with Crippen LogP contribution in [0.2, 0.25) is 5.02 Å². The standard InChI is InChI=1S/C20H22ClN3O2S/c1-13-5-7-14(8-6-13)19(25)24(12-11-23(2)3)20-22-17-16(26-4)10-9-15(21)18(17)27-20/h5-10H,11-12H2,1-4H3/p+1. The summed E-state index contributed by atoms with van der Waals surface area (Å²) in [5.74, 6) is 0.586. The molecule has 0 unspecified atom stereocenters. The van der Waals surface area contributed by atoms with Gasteiger partial charge in [-0.1, -0.05) is 40.6 Å². The molecule has 0 spiro atoms. The largest absolute Gasteiger partial charge is 0.494 e. The number of anilines is 1. The van der Waals surface area contributed by atoms with Crippen LogP contribution in [0, 0.1) is 6.92 Å². The van der Waals surface area contributed by atoms with Crippen molar-refractivity contribution >= 4 is 44.2 Å². The minimum absolute atomic E-state index is 0.0644. The van der Waals surface area contributed by atoms with E-state index in [4.69, 9.17) is 21.3 Å². The molecule has 3 rings (SSSR count). The molecule has 3 aromatic rings. The number of rotatable bonds is 6. The highest BCUT2D eigenvalue weighted by Crippen LogP contribution is 2.38. The molecule has 0 bridgehead atoms. The Bertz CT molecular complexity index is 954. The summed E-state index contributed by atoms with van der Waals surface area (Å²) < 4.78 is 6.23. The van der Waals surface area contributed by atoms with Gasteiger partial charge in [0.25, 0.3) is 5.91 Å². The molecule has 27 heavy (non-hydrogen) atoms. The number of aryl methyl sites for hydroxylation is 1. The van der Waals surface area contributed by atoms with Crippen LogP contribution in [0.4, 0.5) is 5.13 Å². The number of carbonyl (C=O) groups excluding carboxylic acids is 1. The Balaban J connectivity index is 2.05. The van der Waals surface area contributed by atoms with Crippen LogP contribution in [-0.2, 0) is 0 Å². The van der Waals surface area contributed by atoms with Crippen LogP contribution >= 0.6 is 22.9 Å².